The third-order valence-corrected chi connectivity index (χ3v) is 13.1. The fourth-order valence-electron chi connectivity index (χ4n) is 10.5. The lowest BCUT2D eigenvalue weighted by molar-refractivity contribution is 0.436. The second-order valence-corrected chi connectivity index (χ2v) is 16.3. The van der Waals surface area contributed by atoms with Gasteiger partial charge >= 0.3 is 0 Å². The monoisotopic (exact) mass is 791 g/mol. The van der Waals surface area contributed by atoms with Crippen molar-refractivity contribution in [3.8, 4) is 44.9 Å². The number of anilines is 3. The first-order valence-electron chi connectivity index (χ1n) is 21.2. The van der Waals surface area contributed by atoms with Crippen molar-refractivity contribution in [2.45, 2.75) is 5.41 Å². The van der Waals surface area contributed by atoms with Gasteiger partial charge in [-0.25, -0.2) is 0 Å². The average molecular weight is 792 g/mol. The summed E-state index contributed by atoms with van der Waals surface area (Å²) in [5.41, 5.74) is 16.6. The molecule has 0 atom stereocenters. The highest BCUT2D eigenvalue weighted by atomic mass is 16.5. The standard InChI is InChI=1S/C59H37NO2/c1-2-16-38(17-3-1)40-18-14-19-42(36-40)60(53-37-48-45-21-7-11-29-54(45)62-58(48)46-22-5-4-20-44(46)53)41-34-32-39(33-35-41)43-24-15-28-52-57(43)47-23-6-8-25-49(47)59(52)50-26-9-12-30-55(50)61-56-31-13-10-27-51(56)59/h1-37H. The number of hydrogen-bond acceptors (Lipinski definition) is 3. The molecule has 13 rings (SSSR count). The zero-order valence-electron chi connectivity index (χ0n) is 33.6. The van der Waals surface area contributed by atoms with E-state index in [2.05, 4.69) is 223 Å². The fraction of sp³-hybridized carbons (Fsp3) is 0.0169. The van der Waals surface area contributed by atoms with Crippen LogP contribution in [0.4, 0.5) is 17.1 Å². The van der Waals surface area contributed by atoms with E-state index in [4.69, 9.17) is 9.15 Å². The van der Waals surface area contributed by atoms with Crippen LogP contribution in [0.3, 0.4) is 0 Å². The van der Waals surface area contributed by atoms with Gasteiger partial charge in [-0.1, -0.05) is 176 Å². The van der Waals surface area contributed by atoms with Crippen LogP contribution < -0.4 is 9.64 Å². The van der Waals surface area contributed by atoms with E-state index in [0.29, 0.717) is 0 Å². The topological polar surface area (TPSA) is 25.6 Å². The molecule has 1 spiro atoms. The summed E-state index contributed by atoms with van der Waals surface area (Å²) in [5.74, 6) is 1.79. The number of rotatable bonds is 5. The molecule has 62 heavy (non-hydrogen) atoms. The molecule has 0 radical (unpaired) electrons. The summed E-state index contributed by atoms with van der Waals surface area (Å²) in [5, 5.41) is 4.40. The maximum absolute atomic E-state index is 6.61. The van der Waals surface area contributed by atoms with E-state index in [9.17, 15) is 0 Å². The molecule has 3 heteroatoms. The van der Waals surface area contributed by atoms with Crippen LogP contribution in [-0.2, 0) is 5.41 Å². The predicted octanol–water partition coefficient (Wildman–Crippen LogP) is 16.0. The second-order valence-electron chi connectivity index (χ2n) is 16.3. The Morgan fingerprint density at radius 2 is 0.952 bits per heavy atom. The maximum atomic E-state index is 6.61. The predicted molar refractivity (Wildman–Crippen MR) is 254 cm³/mol. The molecule has 2 heterocycles. The molecular weight excluding hydrogens is 755 g/mol. The molecule has 0 bridgehead atoms. The van der Waals surface area contributed by atoms with Crippen LogP contribution >= 0.6 is 0 Å². The fourth-order valence-corrected chi connectivity index (χ4v) is 10.5. The third kappa shape index (κ3) is 4.94. The van der Waals surface area contributed by atoms with Crippen molar-refractivity contribution in [2.24, 2.45) is 0 Å². The highest BCUT2D eigenvalue weighted by Gasteiger charge is 2.51. The molecule has 0 fully saturated rings. The summed E-state index contributed by atoms with van der Waals surface area (Å²) in [6.07, 6.45) is 0. The lowest BCUT2D eigenvalue weighted by Crippen LogP contribution is -2.32. The summed E-state index contributed by atoms with van der Waals surface area (Å²) < 4.78 is 13.2. The number of nitrogens with zero attached hydrogens (tertiary/aromatic N) is 1. The minimum Gasteiger partial charge on any atom is -0.457 e. The summed E-state index contributed by atoms with van der Waals surface area (Å²) in [6.45, 7) is 0. The summed E-state index contributed by atoms with van der Waals surface area (Å²) >= 11 is 0. The van der Waals surface area contributed by atoms with E-state index in [1.165, 1.54) is 44.5 Å². The lowest BCUT2D eigenvalue weighted by Gasteiger charge is -2.39. The van der Waals surface area contributed by atoms with Crippen molar-refractivity contribution in [2.75, 3.05) is 4.90 Å². The van der Waals surface area contributed by atoms with Gasteiger partial charge in [-0.2, -0.15) is 0 Å². The van der Waals surface area contributed by atoms with Crippen molar-refractivity contribution in [1.82, 2.24) is 0 Å². The molecule has 290 valence electrons. The highest BCUT2D eigenvalue weighted by molar-refractivity contribution is 6.19. The van der Waals surface area contributed by atoms with Crippen molar-refractivity contribution < 1.29 is 9.15 Å². The van der Waals surface area contributed by atoms with Crippen molar-refractivity contribution >= 4 is 49.8 Å². The SMILES string of the molecule is c1ccc(-c2cccc(N(c3ccc(-c4cccc5c4-c4ccccc4C54c5ccccc5Oc5ccccc54)cc3)c3cc4c5ccccc5oc4c4ccccc34)c2)cc1. The molecule has 0 amide bonds. The largest absolute Gasteiger partial charge is 0.457 e. The number of benzene rings is 10. The average Bonchev–Trinajstić information content (AvgIpc) is 3.87. The summed E-state index contributed by atoms with van der Waals surface area (Å²) in [6, 6.07) is 80.9. The molecular formula is C59H37NO2. The molecule has 1 aromatic heterocycles. The van der Waals surface area contributed by atoms with Gasteiger partial charge in [-0.15, -0.1) is 0 Å². The van der Waals surface area contributed by atoms with Crippen LogP contribution in [0.25, 0.3) is 66.1 Å². The van der Waals surface area contributed by atoms with Crippen LogP contribution in [0, 0.1) is 0 Å². The normalized spacial score (nSPS) is 13.1. The Bertz CT molecular complexity index is 3520. The third-order valence-electron chi connectivity index (χ3n) is 13.1. The first-order chi connectivity index (χ1) is 30.8. The van der Waals surface area contributed by atoms with Crippen molar-refractivity contribution in [1.29, 1.82) is 0 Å². The van der Waals surface area contributed by atoms with Gasteiger partial charge in [0.05, 0.1) is 11.1 Å². The van der Waals surface area contributed by atoms with Crippen LogP contribution in [0.5, 0.6) is 11.5 Å². The Kier molecular flexibility index (Phi) is 7.52. The van der Waals surface area contributed by atoms with E-state index < -0.39 is 5.41 Å². The number of hydrogen-bond donors (Lipinski definition) is 0. The smallest absolute Gasteiger partial charge is 0.143 e. The minimum atomic E-state index is -0.523. The van der Waals surface area contributed by atoms with E-state index >= 15 is 0 Å². The quantitative estimate of drug-likeness (QED) is 0.174. The Hall–Kier alpha value is -8.14. The molecule has 0 saturated heterocycles. The summed E-state index contributed by atoms with van der Waals surface area (Å²) in [4.78, 5) is 2.41. The van der Waals surface area contributed by atoms with Gasteiger partial charge in [-0.05, 0) is 93.0 Å². The van der Waals surface area contributed by atoms with Gasteiger partial charge < -0.3 is 14.1 Å². The summed E-state index contributed by atoms with van der Waals surface area (Å²) in [7, 11) is 0. The van der Waals surface area contributed by atoms with Crippen LogP contribution in [-0.4, -0.2) is 0 Å². The second kappa shape index (κ2) is 13.4. The number of ether oxygens (including phenoxy) is 1. The van der Waals surface area contributed by atoms with Gasteiger partial charge in [0, 0.05) is 44.0 Å². The molecule has 11 aromatic rings. The molecule has 1 aliphatic carbocycles. The van der Waals surface area contributed by atoms with Crippen molar-refractivity contribution in [3.63, 3.8) is 0 Å². The van der Waals surface area contributed by atoms with E-state index in [1.54, 1.807) is 0 Å². The van der Waals surface area contributed by atoms with Gasteiger partial charge in [0.2, 0.25) is 0 Å². The van der Waals surface area contributed by atoms with E-state index in [0.717, 1.165) is 72.4 Å². The van der Waals surface area contributed by atoms with Crippen LogP contribution in [0.15, 0.2) is 229 Å². The number of para-hydroxylation sites is 3. The van der Waals surface area contributed by atoms with Gasteiger partial charge in [0.15, 0.2) is 0 Å². The van der Waals surface area contributed by atoms with Crippen LogP contribution in [0.1, 0.15) is 22.3 Å². The maximum Gasteiger partial charge on any atom is 0.143 e. The van der Waals surface area contributed by atoms with Gasteiger partial charge in [0.25, 0.3) is 0 Å². The first kappa shape index (κ1) is 34.7. The molecule has 0 N–H and O–H groups in total. The van der Waals surface area contributed by atoms with Crippen molar-refractivity contribution in [3.05, 3.63) is 247 Å². The number of furan rings is 1. The Morgan fingerprint density at radius 1 is 0.355 bits per heavy atom. The van der Waals surface area contributed by atoms with E-state index in [-0.39, 0.29) is 0 Å². The zero-order chi connectivity index (χ0) is 40.8. The Morgan fingerprint density at radius 3 is 1.74 bits per heavy atom. The highest BCUT2D eigenvalue weighted by Crippen LogP contribution is 2.63. The molecule has 10 aromatic carbocycles. The van der Waals surface area contributed by atoms with Gasteiger partial charge in [-0.3, -0.25) is 0 Å². The first-order valence-corrected chi connectivity index (χ1v) is 21.2. The van der Waals surface area contributed by atoms with Crippen LogP contribution in [0.2, 0.25) is 0 Å². The zero-order valence-corrected chi connectivity index (χ0v) is 33.6. The minimum absolute atomic E-state index is 0.523. The van der Waals surface area contributed by atoms with Gasteiger partial charge in [0.1, 0.15) is 22.7 Å². The number of fused-ring (bicyclic) bond motifs is 14. The Labute approximate surface area is 359 Å². The lowest BCUT2D eigenvalue weighted by atomic mass is 9.66. The molecule has 0 saturated carbocycles. The molecule has 0 unspecified atom stereocenters. The molecule has 2 aliphatic rings. The Balaban J connectivity index is 1.02. The molecule has 1 aliphatic heterocycles. The van der Waals surface area contributed by atoms with E-state index in [1.807, 2.05) is 6.07 Å². The molecule has 3 nitrogen and oxygen atoms in total.